The van der Waals surface area contributed by atoms with E-state index in [2.05, 4.69) is 19.0 Å². The van der Waals surface area contributed by atoms with Crippen LogP contribution in [0.1, 0.15) is 12.8 Å². The lowest BCUT2D eigenvalue weighted by Crippen LogP contribution is -2.52. The van der Waals surface area contributed by atoms with Crippen molar-refractivity contribution in [2.75, 3.05) is 14.1 Å². The molecule has 0 heterocycles. The van der Waals surface area contributed by atoms with Crippen molar-refractivity contribution >= 4 is 24.8 Å². The highest BCUT2D eigenvalue weighted by Gasteiger charge is 2.28. The van der Waals surface area contributed by atoms with E-state index in [0.717, 1.165) is 0 Å². The van der Waals surface area contributed by atoms with Gasteiger partial charge in [-0.05, 0) is 26.9 Å². The largest absolute Gasteiger partial charge is 0.326 e. The lowest BCUT2D eigenvalue weighted by atomic mass is 9.86. The number of hydrogen-bond donors (Lipinski definition) is 1. The normalized spacial score (nSPS) is 30.0. The van der Waals surface area contributed by atoms with E-state index in [1.807, 2.05) is 0 Å². The van der Waals surface area contributed by atoms with E-state index in [1.165, 1.54) is 12.8 Å². The Bertz CT molecular complexity index is 83.1. The maximum atomic E-state index is 5.68. The molecule has 0 aromatic carbocycles. The van der Waals surface area contributed by atoms with Crippen LogP contribution in [0, 0.1) is 0 Å². The van der Waals surface area contributed by atoms with Gasteiger partial charge in [0.1, 0.15) is 0 Å². The Labute approximate surface area is 75.0 Å². The molecule has 1 aliphatic carbocycles. The van der Waals surface area contributed by atoms with Crippen molar-refractivity contribution in [2.45, 2.75) is 24.9 Å². The zero-order chi connectivity index (χ0) is 6.15. The third kappa shape index (κ3) is 2.62. The molecule has 1 fully saturated rings. The first-order valence-electron chi connectivity index (χ1n) is 3.14. The zero-order valence-electron chi connectivity index (χ0n) is 6.41. The average Bonchev–Trinajstić information content (AvgIpc) is 1.61. The van der Waals surface area contributed by atoms with Gasteiger partial charge in [0.05, 0.1) is 0 Å². The van der Waals surface area contributed by atoms with Crippen LogP contribution < -0.4 is 5.73 Å². The summed E-state index contributed by atoms with van der Waals surface area (Å²) >= 11 is 0. The van der Waals surface area contributed by atoms with Gasteiger partial charge >= 0.3 is 0 Å². The van der Waals surface area contributed by atoms with Crippen LogP contribution in [0.3, 0.4) is 0 Å². The van der Waals surface area contributed by atoms with Crippen molar-refractivity contribution in [1.82, 2.24) is 4.90 Å². The summed E-state index contributed by atoms with van der Waals surface area (Å²) in [4.78, 5) is 2.20. The summed E-state index contributed by atoms with van der Waals surface area (Å²) in [7, 11) is 4.17. The van der Waals surface area contributed by atoms with Gasteiger partial charge < -0.3 is 10.6 Å². The van der Waals surface area contributed by atoms with Crippen molar-refractivity contribution in [3.8, 4) is 0 Å². The third-order valence-electron chi connectivity index (χ3n) is 1.95. The maximum absolute atomic E-state index is 5.68. The van der Waals surface area contributed by atoms with E-state index in [9.17, 15) is 0 Å². The number of rotatable bonds is 1. The molecule has 0 spiro atoms. The second-order valence-electron chi connectivity index (χ2n) is 2.77. The SMILES string of the molecule is CN(C)C1CCC1N.Cl.Cl. The molecule has 1 saturated carbocycles. The minimum absolute atomic E-state index is 0. The topological polar surface area (TPSA) is 29.3 Å². The van der Waals surface area contributed by atoms with Gasteiger partial charge in [-0.1, -0.05) is 0 Å². The standard InChI is InChI=1S/C6H14N2.2ClH/c1-8(2)6-4-3-5(6)7;;/h5-6H,3-4,7H2,1-2H3;2*1H. The van der Waals surface area contributed by atoms with Crippen LogP contribution in [-0.2, 0) is 0 Å². The van der Waals surface area contributed by atoms with Crippen molar-refractivity contribution < 1.29 is 0 Å². The number of halogens is 2. The highest BCUT2D eigenvalue weighted by molar-refractivity contribution is 5.85. The molecule has 2 unspecified atom stereocenters. The highest BCUT2D eigenvalue weighted by Crippen LogP contribution is 2.20. The van der Waals surface area contributed by atoms with E-state index < -0.39 is 0 Å². The maximum Gasteiger partial charge on any atom is 0.0241 e. The first kappa shape index (κ1) is 13.1. The van der Waals surface area contributed by atoms with Crippen molar-refractivity contribution in [3.05, 3.63) is 0 Å². The van der Waals surface area contributed by atoms with Crippen LogP contribution in [-0.4, -0.2) is 31.1 Å². The quantitative estimate of drug-likeness (QED) is 0.660. The molecular weight excluding hydrogens is 171 g/mol. The van der Waals surface area contributed by atoms with E-state index in [0.29, 0.717) is 12.1 Å². The van der Waals surface area contributed by atoms with Crippen LogP contribution in [0.4, 0.5) is 0 Å². The number of hydrogen-bond acceptors (Lipinski definition) is 2. The Morgan fingerprint density at radius 1 is 1.20 bits per heavy atom. The molecule has 0 bridgehead atoms. The summed E-state index contributed by atoms with van der Waals surface area (Å²) in [5.74, 6) is 0. The fraction of sp³-hybridized carbons (Fsp3) is 1.00. The van der Waals surface area contributed by atoms with Gasteiger partial charge in [-0.25, -0.2) is 0 Å². The zero-order valence-corrected chi connectivity index (χ0v) is 8.04. The summed E-state index contributed by atoms with van der Waals surface area (Å²) in [5.41, 5.74) is 5.68. The summed E-state index contributed by atoms with van der Waals surface area (Å²) in [6.07, 6.45) is 2.50. The summed E-state index contributed by atoms with van der Waals surface area (Å²) in [6, 6.07) is 1.11. The van der Waals surface area contributed by atoms with Crippen molar-refractivity contribution in [2.24, 2.45) is 5.73 Å². The van der Waals surface area contributed by atoms with Crippen LogP contribution in [0.25, 0.3) is 0 Å². The fourth-order valence-corrected chi connectivity index (χ4v) is 1.15. The van der Waals surface area contributed by atoms with Crippen LogP contribution >= 0.6 is 24.8 Å². The molecule has 0 amide bonds. The molecular formula is C6H16Cl2N2. The Hall–Kier alpha value is 0.500. The van der Waals surface area contributed by atoms with Crippen LogP contribution in [0.5, 0.6) is 0 Å². The summed E-state index contributed by atoms with van der Waals surface area (Å²) in [5, 5.41) is 0. The number of nitrogens with zero attached hydrogens (tertiary/aromatic N) is 1. The predicted molar refractivity (Wildman–Crippen MR) is 49.2 cm³/mol. The summed E-state index contributed by atoms with van der Waals surface area (Å²) < 4.78 is 0. The average molecular weight is 187 g/mol. The minimum Gasteiger partial charge on any atom is -0.326 e. The molecule has 0 radical (unpaired) electrons. The van der Waals surface area contributed by atoms with Gasteiger partial charge in [-0.3, -0.25) is 0 Å². The molecule has 2 atom stereocenters. The molecule has 1 rings (SSSR count). The lowest BCUT2D eigenvalue weighted by Gasteiger charge is -2.38. The molecule has 0 saturated heterocycles. The monoisotopic (exact) mass is 186 g/mol. The highest BCUT2D eigenvalue weighted by atomic mass is 35.5. The molecule has 2 N–H and O–H groups in total. The predicted octanol–water partition coefficient (Wildman–Crippen LogP) is 0.881. The first-order valence-corrected chi connectivity index (χ1v) is 3.14. The van der Waals surface area contributed by atoms with Crippen LogP contribution in [0.2, 0.25) is 0 Å². The van der Waals surface area contributed by atoms with Crippen molar-refractivity contribution in [1.29, 1.82) is 0 Å². The van der Waals surface area contributed by atoms with E-state index in [4.69, 9.17) is 5.73 Å². The van der Waals surface area contributed by atoms with E-state index in [1.54, 1.807) is 0 Å². The van der Waals surface area contributed by atoms with Crippen LogP contribution in [0.15, 0.2) is 0 Å². The molecule has 64 valence electrons. The smallest absolute Gasteiger partial charge is 0.0241 e. The van der Waals surface area contributed by atoms with Gasteiger partial charge in [0.15, 0.2) is 0 Å². The molecule has 4 heteroatoms. The Morgan fingerprint density at radius 3 is 1.70 bits per heavy atom. The number of likely N-dealkylation sites (N-methyl/N-ethyl adjacent to an activating group) is 1. The van der Waals surface area contributed by atoms with Gasteiger partial charge in [-0.2, -0.15) is 0 Å². The molecule has 0 aromatic rings. The van der Waals surface area contributed by atoms with Gasteiger partial charge in [0.25, 0.3) is 0 Å². The van der Waals surface area contributed by atoms with Gasteiger partial charge in [0, 0.05) is 12.1 Å². The fourth-order valence-electron chi connectivity index (χ4n) is 1.15. The van der Waals surface area contributed by atoms with Gasteiger partial charge in [-0.15, -0.1) is 24.8 Å². The molecule has 1 aliphatic rings. The lowest BCUT2D eigenvalue weighted by molar-refractivity contribution is 0.161. The van der Waals surface area contributed by atoms with Gasteiger partial charge in [0.2, 0.25) is 0 Å². The van der Waals surface area contributed by atoms with E-state index in [-0.39, 0.29) is 24.8 Å². The minimum atomic E-state index is 0. The third-order valence-corrected chi connectivity index (χ3v) is 1.95. The number of nitrogens with two attached hydrogens (primary N) is 1. The summed E-state index contributed by atoms with van der Waals surface area (Å²) in [6.45, 7) is 0. The second-order valence-corrected chi connectivity index (χ2v) is 2.77. The van der Waals surface area contributed by atoms with Crippen molar-refractivity contribution in [3.63, 3.8) is 0 Å². The molecule has 0 aliphatic heterocycles. The Balaban J connectivity index is 0. The second kappa shape index (κ2) is 5.19. The molecule has 10 heavy (non-hydrogen) atoms. The molecule has 2 nitrogen and oxygen atoms in total. The Kier molecular flexibility index (Phi) is 6.81. The van der Waals surface area contributed by atoms with E-state index >= 15 is 0 Å². The Morgan fingerprint density at radius 2 is 1.70 bits per heavy atom. The molecule has 0 aromatic heterocycles. The first-order chi connectivity index (χ1) is 3.72.